The van der Waals surface area contributed by atoms with E-state index in [1.165, 1.54) is 51.4 Å². The van der Waals surface area contributed by atoms with Gasteiger partial charge < -0.3 is 0 Å². The molecule has 0 nitrogen and oxygen atoms in total. The van der Waals surface area contributed by atoms with Gasteiger partial charge in [0.05, 0.1) is 0 Å². The minimum absolute atomic E-state index is 0.0279. The highest BCUT2D eigenvalue weighted by Gasteiger charge is 2.82. The second-order valence-corrected chi connectivity index (χ2v) is 10.7. The monoisotopic (exact) mass is 510 g/mol. The predicted molar refractivity (Wildman–Crippen MR) is 114 cm³/mol. The molecular formula is C25H39F9. The molecule has 0 bridgehead atoms. The molecule has 202 valence electrons. The van der Waals surface area contributed by atoms with Crippen molar-refractivity contribution in [3.63, 3.8) is 0 Å². The van der Waals surface area contributed by atoms with E-state index in [1.807, 2.05) is 0 Å². The summed E-state index contributed by atoms with van der Waals surface area (Å²) in [5.41, 5.74) is 0. The van der Waals surface area contributed by atoms with Gasteiger partial charge in [0.1, 0.15) is 0 Å². The average Bonchev–Trinajstić information content (AvgIpc) is 2.77. The molecule has 0 atom stereocenters. The maximum Gasteiger partial charge on any atom is 0.460 e. The fourth-order valence-electron chi connectivity index (χ4n) is 5.77. The van der Waals surface area contributed by atoms with Crippen LogP contribution in [0.15, 0.2) is 0 Å². The molecule has 0 aliphatic heterocycles. The van der Waals surface area contributed by atoms with Crippen LogP contribution < -0.4 is 0 Å². The molecule has 2 saturated carbocycles. The average molecular weight is 511 g/mol. The lowest BCUT2D eigenvalue weighted by molar-refractivity contribution is -0.404. The molecular weight excluding hydrogens is 471 g/mol. The van der Waals surface area contributed by atoms with Crippen LogP contribution in [0, 0.1) is 23.7 Å². The first-order chi connectivity index (χ1) is 15.7. The van der Waals surface area contributed by atoms with Crippen molar-refractivity contribution in [3.8, 4) is 0 Å². The highest BCUT2D eigenvalue weighted by Crippen LogP contribution is 2.57. The minimum Gasteiger partial charge on any atom is -0.199 e. The highest BCUT2D eigenvalue weighted by molar-refractivity contribution is 5.03. The summed E-state index contributed by atoms with van der Waals surface area (Å²) < 4.78 is 119. The Morgan fingerprint density at radius 3 is 1.35 bits per heavy atom. The van der Waals surface area contributed by atoms with E-state index in [4.69, 9.17) is 0 Å². The summed E-state index contributed by atoms with van der Waals surface area (Å²) in [5.74, 6) is -19.5. The van der Waals surface area contributed by atoms with Gasteiger partial charge in [0, 0.05) is 5.92 Å². The molecule has 2 rings (SSSR count). The third-order valence-corrected chi connectivity index (χ3v) is 8.19. The summed E-state index contributed by atoms with van der Waals surface area (Å²) in [6.07, 6.45) is 6.62. The normalized spacial score (nSPS) is 27.7. The second kappa shape index (κ2) is 12.1. The van der Waals surface area contributed by atoms with Crippen molar-refractivity contribution in [1.29, 1.82) is 0 Å². The first kappa shape index (κ1) is 29.6. The SMILES string of the molecule is CCCCCCC[C@H]1CC[C@H](CC[C@H]2CC[C@H](C(F)(F)C(F)(F)C(F)(F)C(F)(F)F)CC2)CC1. The first-order valence-corrected chi connectivity index (χ1v) is 12.9. The zero-order chi connectivity index (χ0) is 25.6. The Morgan fingerprint density at radius 1 is 0.500 bits per heavy atom. The number of alkyl halides is 9. The van der Waals surface area contributed by atoms with Crippen LogP contribution in [0.2, 0.25) is 0 Å². The fraction of sp³-hybridized carbons (Fsp3) is 1.00. The van der Waals surface area contributed by atoms with Crippen molar-refractivity contribution in [2.45, 2.75) is 134 Å². The van der Waals surface area contributed by atoms with Crippen LogP contribution in [0.5, 0.6) is 0 Å². The second-order valence-electron chi connectivity index (χ2n) is 10.7. The van der Waals surface area contributed by atoms with Crippen molar-refractivity contribution in [3.05, 3.63) is 0 Å². The number of hydrogen-bond donors (Lipinski definition) is 0. The molecule has 0 aromatic carbocycles. The van der Waals surface area contributed by atoms with Crippen LogP contribution in [0.3, 0.4) is 0 Å². The molecule has 2 aliphatic carbocycles. The van der Waals surface area contributed by atoms with E-state index in [-0.39, 0.29) is 18.8 Å². The summed E-state index contributed by atoms with van der Waals surface area (Å²) in [6, 6.07) is 0. The van der Waals surface area contributed by atoms with E-state index >= 15 is 0 Å². The minimum atomic E-state index is -6.78. The number of rotatable bonds is 12. The van der Waals surface area contributed by atoms with Crippen molar-refractivity contribution in [1.82, 2.24) is 0 Å². The fourth-order valence-corrected chi connectivity index (χ4v) is 5.77. The molecule has 34 heavy (non-hydrogen) atoms. The van der Waals surface area contributed by atoms with Crippen LogP contribution in [-0.4, -0.2) is 23.9 Å². The van der Waals surface area contributed by atoms with E-state index in [1.54, 1.807) is 0 Å². The lowest BCUT2D eigenvalue weighted by atomic mass is 9.73. The topological polar surface area (TPSA) is 0 Å². The lowest BCUT2D eigenvalue weighted by Crippen LogP contribution is -2.63. The van der Waals surface area contributed by atoms with Crippen LogP contribution >= 0.6 is 0 Å². The molecule has 0 unspecified atom stereocenters. The molecule has 2 aliphatic rings. The summed E-state index contributed by atoms with van der Waals surface area (Å²) in [4.78, 5) is 0. The molecule has 0 spiro atoms. The Balaban J connectivity index is 1.73. The Labute approximate surface area is 197 Å². The van der Waals surface area contributed by atoms with Gasteiger partial charge in [-0.05, 0) is 43.4 Å². The molecule has 0 aromatic rings. The number of unbranched alkanes of at least 4 members (excludes halogenated alkanes) is 4. The Bertz CT molecular complexity index is 584. The molecule has 9 heteroatoms. The smallest absolute Gasteiger partial charge is 0.199 e. The molecule has 0 aromatic heterocycles. The van der Waals surface area contributed by atoms with Gasteiger partial charge in [-0.15, -0.1) is 0 Å². The van der Waals surface area contributed by atoms with Gasteiger partial charge in [-0.25, -0.2) is 0 Å². The molecule has 0 amide bonds. The van der Waals surface area contributed by atoms with E-state index in [9.17, 15) is 39.5 Å². The largest absolute Gasteiger partial charge is 0.460 e. The van der Waals surface area contributed by atoms with Crippen LogP contribution in [0.4, 0.5) is 39.5 Å². The maximum absolute atomic E-state index is 14.2. The standard InChI is InChI=1S/C25H39F9/c1-2-3-4-5-6-7-18-8-10-19(11-9-18)12-13-20-14-16-21(17-15-20)22(26,27)23(28,29)24(30,31)25(32,33)34/h18-21H,2-17H2,1H3/t18-,19-,20-,21-. The van der Waals surface area contributed by atoms with Crippen LogP contribution in [0.1, 0.15) is 110 Å². The van der Waals surface area contributed by atoms with E-state index < -0.39 is 42.7 Å². The third kappa shape index (κ3) is 6.98. The van der Waals surface area contributed by atoms with Gasteiger partial charge >= 0.3 is 23.9 Å². The van der Waals surface area contributed by atoms with Crippen LogP contribution in [-0.2, 0) is 0 Å². The zero-order valence-corrected chi connectivity index (χ0v) is 20.0. The first-order valence-electron chi connectivity index (χ1n) is 12.9. The van der Waals surface area contributed by atoms with Crippen molar-refractivity contribution in [2.75, 3.05) is 0 Å². The van der Waals surface area contributed by atoms with Crippen LogP contribution in [0.25, 0.3) is 0 Å². The summed E-state index contributed by atoms with van der Waals surface area (Å²) in [5, 5.41) is 0. The van der Waals surface area contributed by atoms with Gasteiger partial charge in [0.15, 0.2) is 0 Å². The van der Waals surface area contributed by atoms with E-state index in [0.717, 1.165) is 31.6 Å². The molecule has 0 N–H and O–H groups in total. The summed E-state index contributed by atoms with van der Waals surface area (Å²) >= 11 is 0. The Hall–Kier alpha value is -0.630. The van der Waals surface area contributed by atoms with Crippen molar-refractivity contribution in [2.24, 2.45) is 23.7 Å². The maximum atomic E-state index is 14.2. The number of halogens is 9. The Morgan fingerprint density at radius 2 is 0.912 bits per heavy atom. The third-order valence-electron chi connectivity index (χ3n) is 8.19. The van der Waals surface area contributed by atoms with E-state index in [0.29, 0.717) is 5.92 Å². The Kier molecular flexibility index (Phi) is 10.5. The molecule has 0 heterocycles. The number of hydrogen-bond acceptors (Lipinski definition) is 0. The van der Waals surface area contributed by atoms with Crippen molar-refractivity contribution >= 4 is 0 Å². The molecule has 0 saturated heterocycles. The van der Waals surface area contributed by atoms with Gasteiger partial charge in [-0.2, -0.15) is 39.5 Å². The summed E-state index contributed by atoms with van der Waals surface area (Å²) in [6.45, 7) is 2.19. The van der Waals surface area contributed by atoms with E-state index in [2.05, 4.69) is 6.92 Å². The lowest BCUT2D eigenvalue weighted by Gasteiger charge is -2.40. The molecule has 0 radical (unpaired) electrons. The quantitative estimate of drug-likeness (QED) is 0.181. The van der Waals surface area contributed by atoms with Gasteiger partial charge in [0.2, 0.25) is 0 Å². The zero-order valence-electron chi connectivity index (χ0n) is 20.0. The van der Waals surface area contributed by atoms with Crippen molar-refractivity contribution < 1.29 is 39.5 Å². The highest BCUT2D eigenvalue weighted by atomic mass is 19.4. The summed E-state index contributed by atoms with van der Waals surface area (Å²) in [7, 11) is 0. The predicted octanol–water partition coefficient (Wildman–Crippen LogP) is 10.2. The van der Waals surface area contributed by atoms with Gasteiger partial charge in [0.25, 0.3) is 0 Å². The van der Waals surface area contributed by atoms with Gasteiger partial charge in [-0.1, -0.05) is 84.0 Å². The molecule has 2 fully saturated rings. The van der Waals surface area contributed by atoms with Gasteiger partial charge in [-0.3, -0.25) is 0 Å².